The summed E-state index contributed by atoms with van der Waals surface area (Å²) >= 11 is 0. The summed E-state index contributed by atoms with van der Waals surface area (Å²) in [5, 5.41) is 15.4. The van der Waals surface area contributed by atoms with E-state index in [-0.39, 0.29) is 16.5 Å². The number of carbonyl (C=O) groups is 1. The summed E-state index contributed by atoms with van der Waals surface area (Å²) in [6, 6.07) is 8.47. The first-order chi connectivity index (χ1) is 11.5. The van der Waals surface area contributed by atoms with Gasteiger partial charge in [-0.3, -0.25) is 19.6 Å². The lowest BCUT2D eigenvalue weighted by molar-refractivity contribution is -0.384. The fourth-order valence-electron chi connectivity index (χ4n) is 2.86. The molecule has 24 heavy (non-hydrogen) atoms. The van der Waals surface area contributed by atoms with Gasteiger partial charge in [0.2, 0.25) is 0 Å². The smallest absolute Gasteiger partial charge is 0.292 e. The van der Waals surface area contributed by atoms with Crippen molar-refractivity contribution in [2.45, 2.75) is 6.92 Å². The molecular formula is C16H19N5O3. The van der Waals surface area contributed by atoms with Crippen molar-refractivity contribution in [3.63, 3.8) is 0 Å². The standard InChI is InChI=1S/C16H19N5O3/c1-12-11-13(17-18(12)2)16(22)20-9-7-19(8-10-20)14-5-3-4-6-15(14)21(23)24/h3-6,11H,7-10H2,1-2H3. The van der Waals surface area contributed by atoms with Gasteiger partial charge < -0.3 is 9.80 Å². The number of anilines is 1. The number of carbonyl (C=O) groups excluding carboxylic acids is 1. The Morgan fingerprint density at radius 1 is 1.21 bits per heavy atom. The number of hydrogen-bond acceptors (Lipinski definition) is 5. The quantitative estimate of drug-likeness (QED) is 0.631. The van der Waals surface area contributed by atoms with E-state index in [1.807, 2.05) is 11.8 Å². The lowest BCUT2D eigenvalue weighted by Gasteiger charge is -2.35. The minimum Gasteiger partial charge on any atom is -0.362 e. The Balaban J connectivity index is 1.70. The van der Waals surface area contributed by atoms with Crippen LogP contribution in [-0.2, 0) is 7.05 Å². The molecule has 1 fully saturated rings. The van der Waals surface area contributed by atoms with Gasteiger partial charge in [-0.15, -0.1) is 0 Å². The number of amides is 1. The van der Waals surface area contributed by atoms with Crippen LogP contribution in [0.15, 0.2) is 30.3 Å². The molecule has 126 valence electrons. The minimum atomic E-state index is -0.372. The van der Waals surface area contributed by atoms with Gasteiger partial charge in [0.15, 0.2) is 5.69 Å². The van der Waals surface area contributed by atoms with Gasteiger partial charge in [0.25, 0.3) is 11.6 Å². The van der Waals surface area contributed by atoms with Crippen LogP contribution < -0.4 is 4.90 Å². The molecule has 1 aromatic heterocycles. The van der Waals surface area contributed by atoms with Gasteiger partial charge in [-0.05, 0) is 19.1 Å². The topological polar surface area (TPSA) is 84.5 Å². The highest BCUT2D eigenvalue weighted by molar-refractivity contribution is 5.92. The summed E-state index contributed by atoms with van der Waals surface area (Å²) in [7, 11) is 1.80. The van der Waals surface area contributed by atoms with Crippen molar-refractivity contribution in [3.8, 4) is 0 Å². The molecule has 0 bridgehead atoms. The molecule has 0 atom stereocenters. The summed E-state index contributed by atoms with van der Waals surface area (Å²) in [5.74, 6) is -0.0964. The number of nitro benzene ring substituents is 1. The Labute approximate surface area is 139 Å². The molecule has 0 aliphatic carbocycles. The highest BCUT2D eigenvalue weighted by Crippen LogP contribution is 2.28. The molecule has 0 radical (unpaired) electrons. The van der Waals surface area contributed by atoms with Crippen molar-refractivity contribution < 1.29 is 9.72 Å². The molecule has 0 unspecified atom stereocenters. The van der Waals surface area contributed by atoms with Crippen LogP contribution in [0.1, 0.15) is 16.2 Å². The van der Waals surface area contributed by atoms with E-state index in [0.717, 1.165) is 5.69 Å². The fourth-order valence-corrected chi connectivity index (χ4v) is 2.86. The largest absolute Gasteiger partial charge is 0.362 e. The van der Waals surface area contributed by atoms with Crippen LogP contribution in [0, 0.1) is 17.0 Å². The number of hydrogen-bond donors (Lipinski definition) is 0. The van der Waals surface area contributed by atoms with Crippen molar-refractivity contribution >= 4 is 17.3 Å². The Morgan fingerprint density at radius 3 is 2.46 bits per heavy atom. The van der Waals surface area contributed by atoms with Crippen LogP contribution in [0.4, 0.5) is 11.4 Å². The van der Waals surface area contributed by atoms with Crippen LogP contribution in [0.5, 0.6) is 0 Å². The van der Waals surface area contributed by atoms with Crippen LogP contribution >= 0.6 is 0 Å². The second-order valence-corrected chi connectivity index (χ2v) is 5.82. The molecule has 1 aliphatic rings. The fraction of sp³-hybridized carbons (Fsp3) is 0.375. The number of rotatable bonds is 3. The maximum atomic E-state index is 12.5. The van der Waals surface area contributed by atoms with E-state index in [2.05, 4.69) is 5.10 Å². The first-order valence-electron chi connectivity index (χ1n) is 7.75. The van der Waals surface area contributed by atoms with E-state index in [0.29, 0.717) is 37.6 Å². The summed E-state index contributed by atoms with van der Waals surface area (Å²) in [6.45, 7) is 4.04. The lowest BCUT2D eigenvalue weighted by atomic mass is 10.2. The van der Waals surface area contributed by atoms with Gasteiger partial charge in [-0.2, -0.15) is 5.10 Å². The van der Waals surface area contributed by atoms with Crippen LogP contribution in [0.2, 0.25) is 0 Å². The summed E-state index contributed by atoms with van der Waals surface area (Å²) < 4.78 is 1.68. The molecule has 3 rings (SSSR count). The normalized spacial score (nSPS) is 14.8. The molecule has 2 aromatic rings. The van der Waals surface area contributed by atoms with Gasteiger partial charge in [0.05, 0.1) is 4.92 Å². The van der Waals surface area contributed by atoms with Crippen molar-refractivity contribution in [3.05, 3.63) is 51.8 Å². The predicted octanol–water partition coefficient (Wildman–Crippen LogP) is 1.60. The van der Waals surface area contributed by atoms with Crippen LogP contribution in [0.25, 0.3) is 0 Å². The molecule has 0 saturated carbocycles. The van der Waals surface area contributed by atoms with Gasteiger partial charge in [0.1, 0.15) is 5.69 Å². The highest BCUT2D eigenvalue weighted by Gasteiger charge is 2.27. The van der Waals surface area contributed by atoms with Crippen molar-refractivity contribution in [1.29, 1.82) is 0 Å². The Bertz CT molecular complexity index is 758. The number of aryl methyl sites for hydroxylation is 2. The summed E-state index contributed by atoms with van der Waals surface area (Å²) in [4.78, 5) is 27.0. The van der Waals surface area contributed by atoms with Gasteiger partial charge >= 0.3 is 0 Å². The lowest BCUT2D eigenvalue weighted by Crippen LogP contribution is -2.49. The monoisotopic (exact) mass is 329 g/mol. The van der Waals surface area contributed by atoms with Gasteiger partial charge in [0, 0.05) is 45.0 Å². The van der Waals surface area contributed by atoms with E-state index in [1.54, 1.807) is 40.9 Å². The average Bonchev–Trinajstić information content (AvgIpc) is 2.93. The van der Waals surface area contributed by atoms with E-state index in [1.165, 1.54) is 6.07 Å². The molecule has 2 heterocycles. The number of piperazine rings is 1. The molecule has 8 nitrogen and oxygen atoms in total. The highest BCUT2D eigenvalue weighted by atomic mass is 16.6. The third kappa shape index (κ3) is 2.94. The molecule has 1 aromatic carbocycles. The Hall–Kier alpha value is -2.90. The number of benzene rings is 1. The second kappa shape index (κ2) is 6.31. The van der Waals surface area contributed by atoms with Crippen LogP contribution in [-0.4, -0.2) is 51.7 Å². The molecule has 1 aliphatic heterocycles. The molecule has 8 heteroatoms. The second-order valence-electron chi connectivity index (χ2n) is 5.82. The summed E-state index contributed by atoms with van der Waals surface area (Å²) in [6.07, 6.45) is 0. The number of nitrogens with zero attached hydrogens (tertiary/aromatic N) is 5. The van der Waals surface area contributed by atoms with E-state index >= 15 is 0 Å². The van der Waals surface area contributed by atoms with Gasteiger partial charge in [-0.1, -0.05) is 12.1 Å². The molecule has 0 N–H and O–H groups in total. The summed E-state index contributed by atoms with van der Waals surface area (Å²) in [5.41, 5.74) is 2.06. The van der Waals surface area contributed by atoms with Gasteiger partial charge in [-0.25, -0.2) is 0 Å². The van der Waals surface area contributed by atoms with Crippen molar-refractivity contribution in [1.82, 2.24) is 14.7 Å². The Morgan fingerprint density at radius 2 is 1.88 bits per heavy atom. The first kappa shape index (κ1) is 16.0. The third-order valence-electron chi connectivity index (χ3n) is 4.32. The maximum absolute atomic E-state index is 12.5. The molecular weight excluding hydrogens is 310 g/mol. The van der Waals surface area contributed by atoms with Crippen molar-refractivity contribution in [2.75, 3.05) is 31.1 Å². The Kier molecular flexibility index (Phi) is 4.20. The van der Waals surface area contributed by atoms with E-state index < -0.39 is 0 Å². The van der Waals surface area contributed by atoms with E-state index in [4.69, 9.17) is 0 Å². The third-order valence-corrected chi connectivity index (χ3v) is 4.32. The number of para-hydroxylation sites is 2. The average molecular weight is 329 g/mol. The molecule has 0 spiro atoms. The van der Waals surface area contributed by atoms with E-state index in [9.17, 15) is 14.9 Å². The number of aromatic nitrogens is 2. The first-order valence-corrected chi connectivity index (χ1v) is 7.75. The zero-order chi connectivity index (χ0) is 17.3. The SMILES string of the molecule is Cc1cc(C(=O)N2CCN(c3ccccc3[N+](=O)[O-])CC2)nn1C. The zero-order valence-corrected chi connectivity index (χ0v) is 13.7. The molecule has 1 saturated heterocycles. The minimum absolute atomic E-state index is 0.0950. The zero-order valence-electron chi connectivity index (χ0n) is 13.7. The predicted molar refractivity (Wildman–Crippen MR) is 89.2 cm³/mol. The molecule has 1 amide bonds. The number of nitro groups is 1. The van der Waals surface area contributed by atoms with Crippen LogP contribution in [0.3, 0.4) is 0 Å². The maximum Gasteiger partial charge on any atom is 0.292 e. The van der Waals surface area contributed by atoms with Crippen molar-refractivity contribution in [2.24, 2.45) is 7.05 Å².